The average Bonchev–Trinajstić information content (AvgIpc) is 3.12. The number of aliphatic imine (C=N–C) groups is 1. The maximum Gasteiger partial charge on any atom is 0.345 e. The first-order chi connectivity index (χ1) is 15.5. The number of hydrogen-bond acceptors (Lipinski definition) is 4. The summed E-state index contributed by atoms with van der Waals surface area (Å²) >= 11 is 0. The zero-order chi connectivity index (χ0) is 22.9. The molecule has 2 N–H and O–H groups in total. The Balaban J connectivity index is 0.00000385. The molecule has 0 fully saturated rings. The summed E-state index contributed by atoms with van der Waals surface area (Å²) in [5, 5.41) is 11.1. The van der Waals surface area contributed by atoms with Gasteiger partial charge in [-0.3, -0.25) is 14.4 Å². The second-order valence-electron chi connectivity index (χ2n) is 8.22. The van der Waals surface area contributed by atoms with E-state index in [-0.39, 0.29) is 35.6 Å². The molecule has 0 spiro atoms. The number of nitrogens with one attached hydrogen (secondary N) is 2. The number of hydrogen-bond donors (Lipinski definition) is 2. The summed E-state index contributed by atoms with van der Waals surface area (Å²) in [5.41, 5.74) is 1.80. The summed E-state index contributed by atoms with van der Waals surface area (Å²) in [6, 6.07) is 7.73. The van der Waals surface area contributed by atoms with Crippen LogP contribution < -0.4 is 16.3 Å². The van der Waals surface area contributed by atoms with Crippen LogP contribution in [0.2, 0.25) is 0 Å². The van der Waals surface area contributed by atoms with Gasteiger partial charge in [0.25, 0.3) is 5.91 Å². The third-order valence-electron chi connectivity index (χ3n) is 5.46. The number of carbonyl (C=O) groups is 1. The van der Waals surface area contributed by atoms with Crippen molar-refractivity contribution in [3.8, 4) is 0 Å². The van der Waals surface area contributed by atoms with Crippen LogP contribution in [-0.2, 0) is 25.9 Å². The van der Waals surface area contributed by atoms with Gasteiger partial charge in [-0.25, -0.2) is 9.48 Å². The number of aryl methyl sites for hydroxylation is 2. The van der Waals surface area contributed by atoms with Gasteiger partial charge in [-0.05, 0) is 50.3 Å². The van der Waals surface area contributed by atoms with E-state index in [9.17, 15) is 9.59 Å². The zero-order valence-corrected chi connectivity index (χ0v) is 22.2. The molecule has 0 saturated carbocycles. The molecule has 0 bridgehead atoms. The van der Waals surface area contributed by atoms with Gasteiger partial charge in [-0.2, -0.15) is 5.10 Å². The highest BCUT2D eigenvalue weighted by Gasteiger charge is 2.16. The Hall–Kier alpha value is -2.37. The van der Waals surface area contributed by atoms with E-state index in [4.69, 9.17) is 0 Å². The van der Waals surface area contributed by atoms with Gasteiger partial charge in [0.2, 0.25) is 0 Å². The highest BCUT2D eigenvalue weighted by Crippen LogP contribution is 2.09. The van der Waals surface area contributed by atoms with Crippen molar-refractivity contribution >= 4 is 35.8 Å². The zero-order valence-electron chi connectivity index (χ0n) is 19.8. The number of guanidine groups is 1. The largest absolute Gasteiger partial charge is 0.357 e. The molecule has 33 heavy (non-hydrogen) atoms. The number of benzene rings is 1. The Bertz CT molecular complexity index is 997. The van der Waals surface area contributed by atoms with Crippen LogP contribution in [0.25, 0.3) is 0 Å². The topological polar surface area (TPSA) is 96.5 Å². The molecule has 0 aliphatic carbocycles. The fourth-order valence-electron chi connectivity index (χ4n) is 3.79. The lowest BCUT2D eigenvalue weighted by atomic mass is 10.1. The maximum atomic E-state index is 12.4. The number of fused-ring (bicyclic) bond motifs is 1. The van der Waals surface area contributed by atoms with E-state index in [1.165, 1.54) is 0 Å². The number of nitrogens with zero attached hydrogens (tertiary/aromatic N) is 5. The lowest BCUT2D eigenvalue weighted by Crippen LogP contribution is -2.38. The van der Waals surface area contributed by atoms with Gasteiger partial charge in [0.1, 0.15) is 5.82 Å². The molecule has 1 aromatic heterocycles. The molecule has 0 unspecified atom stereocenters. The summed E-state index contributed by atoms with van der Waals surface area (Å²) in [6.45, 7) is 5.48. The van der Waals surface area contributed by atoms with E-state index in [0.717, 1.165) is 62.5 Å². The Morgan fingerprint density at radius 3 is 2.79 bits per heavy atom. The van der Waals surface area contributed by atoms with Crippen molar-refractivity contribution in [1.29, 1.82) is 0 Å². The number of aromatic nitrogens is 3. The first-order valence-corrected chi connectivity index (χ1v) is 11.5. The number of rotatable bonds is 9. The fraction of sp³-hybridized carbons (Fsp3) is 0.565. The van der Waals surface area contributed by atoms with Gasteiger partial charge in [0.05, 0.1) is 0 Å². The lowest BCUT2D eigenvalue weighted by molar-refractivity contribution is 0.0827. The quantitative estimate of drug-likeness (QED) is 0.208. The Kier molecular flexibility index (Phi) is 10.9. The van der Waals surface area contributed by atoms with Crippen molar-refractivity contribution in [1.82, 2.24) is 29.9 Å². The van der Waals surface area contributed by atoms with E-state index in [1.54, 1.807) is 28.2 Å². The number of halogens is 1. The van der Waals surface area contributed by atoms with Crippen molar-refractivity contribution in [3.05, 3.63) is 51.7 Å². The molecule has 1 amide bonds. The van der Waals surface area contributed by atoms with E-state index in [0.29, 0.717) is 25.2 Å². The lowest BCUT2D eigenvalue weighted by Gasteiger charge is -2.13. The van der Waals surface area contributed by atoms with Crippen LogP contribution in [-0.4, -0.2) is 64.8 Å². The molecule has 1 aliphatic heterocycles. The van der Waals surface area contributed by atoms with Gasteiger partial charge in [-0.15, -0.1) is 24.0 Å². The molecule has 2 aromatic rings. The minimum Gasteiger partial charge on any atom is -0.357 e. The van der Waals surface area contributed by atoms with Gasteiger partial charge < -0.3 is 15.5 Å². The normalized spacial score (nSPS) is 13.1. The summed E-state index contributed by atoms with van der Waals surface area (Å²) in [6.07, 6.45) is 4.59. The third-order valence-corrected chi connectivity index (χ3v) is 5.46. The van der Waals surface area contributed by atoms with Crippen LogP contribution in [0, 0.1) is 0 Å². The highest BCUT2D eigenvalue weighted by molar-refractivity contribution is 14.0. The van der Waals surface area contributed by atoms with Crippen LogP contribution in [0.15, 0.2) is 34.1 Å². The molecule has 182 valence electrons. The van der Waals surface area contributed by atoms with Crippen LogP contribution >= 0.6 is 24.0 Å². The Morgan fingerprint density at radius 1 is 1.24 bits per heavy atom. The van der Waals surface area contributed by atoms with Crippen molar-refractivity contribution in [3.63, 3.8) is 0 Å². The van der Waals surface area contributed by atoms with Gasteiger partial charge >= 0.3 is 5.69 Å². The summed E-state index contributed by atoms with van der Waals surface area (Å²) in [7, 11) is 3.51. The second kappa shape index (κ2) is 13.4. The van der Waals surface area contributed by atoms with Crippen molar-refractivity contribution in [2.45, 2.75) is 52.1 Å². The maximum absolute atomic E-state index is 12.4. The van der Waals surface area contributed by atoms with Gasteiger partial charge in [0.15, 0.2) is 5.96 Å². The SMILES string of the molecule is CCNC(=NCCCn1nc2n(c1=O)CCCC2)NCCc1cccc(C(=O)N(C)C)c1.I. The van der Waals surface area contributed by atoms with Gasteiger partial charge in [-0.1, -0.05) is 12.1 Å². The second-order valence-corrected chi connectivity index (χ2v) is 8.22. The van der Waals surface area contributed by atoms with E-state index < -0.39 is 0 Å². The third kappa shape index (κ3) is 7.58. The first-order valence-electron chi connectivity index (χ1n) is 11.5. The van der Waals surface area contributed by atoms with E-state index in [1.807, 2.05) is 31.2 Å². The molecule has 0 atom stereocenters. The Morgan fingerprint density at radius 2 is 2.06 bits per heavy atom. The van der Waals surface area contributed by atoms with Crippen molar-refractivity contribution in [2.75, 3.05) is 33.7 Å². The summed E-state index contributed by atoms with van der Waals surface area (Å²) in [4.78, 5) is 30.8. The molecule has 3 rings (SSSR count). The molecule has 1 aromatic carbocycles. The highest BCUT2D eigenvalue weighted by atomic mass is 127. The molecule has 0 radical (unpaired) electrons. The van der Waals surface area contributed by atoms with E-state index >= 15 is 0 Å². The monoisotopic (exact) mass is 569 g/mol. The molecule has 10 heteroatoms. The van der Waals surface area contributed by atoms with Crippen molar-refractivity contribution < 1.29 is 4.79 Å². The Labute approximate surface area is 212 Å². The molecule has 9 nitrogen and oxygen atoms in total. The number of amides is 1. The average molecular weight is 569 g/mol. The minimum atomic E-state index is 0. The van der Waals surface area contributed by atoms with Crippen LogP contribution in [0.3, 0.4) is 0 Å². The molecular weight excluding hydrogens is 533 g/mol. The molecule has 1 aliphatic rings. The predicted molar refractivity (Wildman–Crippen MR) is 142 cm³/mol. The molecule has 0 saturated heterocycles. The van der Waals surface area contributed by atoms with Crippen LogP contribution in [0.5, 0.6) is 0 Å². The van der Waals surface area contributed by atoms with Gasteiger partial charge in [0, 0.05) is 58.8 Å². The predicted octanol–water partition coefficient (Wildman–Crippen LogP) is 1.89. The fourth-order valence-corrected chi connectivity index (χ4v) is 3.79. The number of carbonyl (C=O) groups excluding carboxylic acids is 1. The summed E-state index contributed by atoms with van der Waals surface area (Å²) in [5.74, 6) is 1.67. The van der Waals surface area contributed by atoms with Crippen molar-refractivity contribution in [2.24, 2.45) is 4.99 Å². The molecule has 2 heterocycles. The minimum absolute atomic E-state index is 0. The van der Waals surface area contributed by atoms with Crippen LogP contribution in [0.1, 0.15) is 47.9 Å². The van der Waals surface area contributed by atoms with Crippen LogP contribution in [0.4, 0.5) is 0 Å². The standard InChI is InChI=1S/C23H35N7O2.HI/c1-4-24-22(26-14-12-18-9-7-10-19(17-18)21(31)28(2)3)25-13-8-16-30-23(32)29-15-6-5-11-20(29)27-30;/h7,9-10,17H,4-6,8,11-16H2,1-3H3,(H2,24,25,26);1H. The van der Waals surface area contributed by atoms with E-state index in [2.05, 4.69) is 20.7 Å². The first kappa shape index (κ1) is 26.9. The summed E-state index contributed by atoms with van der Waals surface area (Å²) < 4.78 is 3.39. The molecular formula is C23H36IN7O2. The smallest absolute Gasteiger partial charge is 0.345 e.